The molecule has 146 valence electrons. The molecule has 0 spiro atoms. The Hall–Kier alpha value is -2.62. The van der Waals surface area contributed by atoms with Crippen LogP contribution in [-0.4, -0.2) is 13.2 Å². The fourth-order valence-corrected chi connectivity index (χ4v) is 5.32. The highest BCUT2D eigenvalue weighted by Gasteiger charge is 2.24. The number of rotatable bonds is 2. The van der Waals surface area contributed by atoms with Crippen LogP contribution >= 0.6 is 0 Å². The largest absolute Gasteiger partial charge is 0.493 e. The van der Waals surface area contributed by atoms with E-state index < -0.39 is 0 Å². The van der Waals surface area contributed by atoms with Crippen LogP contribution in [0.25, 0.3) is 22.3 Å². The zero-order chi connectivity index (χ0) is 19.2. The third-order valence-corrected chi connectivity index (χ3v) is 6.72. The lowest BCUT2D eigenvalue weighted by Gasteiger charge is -2.24. The van der Waals surface area contributed by atoms with Crippen LogP contribution in [0.2, 0.25) is 0 Å². The van der Waals surface area contributed by atoms with Crippen LogP contribution in [0.15, 0.2) is 48.5 Å². The quantitative estimate of drug-likeness (QED) is 0.680. The van der Waals surface area contributed by atoms with E-state index in [0.29, 0.717) is 0 Å². The monoisotopic (exact) mass is 382 g/mol. The van der Waals surface area contributed by atoms with Crippen molar-refractivity contribution in [2.75, 3.05) is 13.2 Å². The van der Waals surface area contributed by atoms with Crippen LogP contribution in [0.3, 0.4) is 0 Å². The molecule has 0 unspecified atom stereocenters. The van der Waals surface area contributed by atoms with Gasteiger partial charge in [-0.15, -0.1) is 0 Å². The van der Waals surface area contributed by atoms with Crippen LogP contribution in [0.4, 0.5) is 0 Å². The van der Waals surface area contributed by atoms with E-state index in [1.54, 1.807) is 0 Å². The third kappa shape index (κ3) is 2.80. The van der Waals surface area contributed by atoms with E-state index in [1.165, 1.54) is 50.1 Å². The summed E-state index contributed by atoms with van der Waals surface area (Å²) in [5.74, 6) is 1.07. The molecule has 0 saturated heterocycles. The Labute approximate surface area is 172 Å². The highest BCUT2D eigenvalue weighted by atomic mass is 16.5. The number of hydrogen-bond donors (Lipinski definition) is 2. The predicted molar refractivity (Wildman–Crippen MR) is 117 cm³/mol. The topological polar surface area (TPSA) is 33.3 Å². The molecule has 0 aromatic heterocycles. The molecule has 0 saturated carbocycles. The van der Waals surface area contributed by atoms with Crippen molar-refractivity contribution in [1.82, 2.24) is 10.6 Å². The van der Waals surface area contributed by atoms with E-state index in [2.05, 4.69) is 59.2 Å². The first-order chi connectivity index (χ1) is 14.4. The van der Waals surface area contributed by atoms with Gasteiger partial charge in [0, 0.05) is 25.2 Å². The number of hydrogen-bond acceptors (Lipinski definition) is 3. The van der Waals surface area contributed by atoms with Gasteiger partial charge in [-0.2, -0.15) is 0 Å². The Bertz CT molecular complexity index is 1020. The number of nitrogens with one attached hydrogen (secondary N) is 2. The maximum absolute atomic E-state index is 5.94. The normalized spacial score (nSPS) is 17.2. The van der Waals surface area contributed by atoms with Crippen LogP contribution < -0.4 is 15.4 Å². The van der Waals surface area contributed by atoms with Gasteiger partial charge >= 0.3 is 0 Å². The molecular formula is C26H26N2O. The second kappa shape index (κ2) is 7.01. The maximum Gasteiger partial charge on any atom is 0.123 e. The maximum atomic E-state index is 5.94. The SMILES string of the molecule is c1cc2c(c(-c3ccc(-c4cccc5c4CCCO5)c4c3CNC4)c1)CNCC2. The minimum Gasteiger partial charge on any atom is -0.493 e. The van der Waals surface area contributed by atoms with Crippen molar-refractivity contribution in [3.63, 3.8) is 0 Å². The standard InChI is InChI=1S/C26H26N2O/c1-4-17-11-12-27-14-23(17)19(5-1)21-10-9-20(24-15-28-16-25(21)24)18-6-2-8-26-22(18)7-3-13-29-26/h1-2,4-6,8-10,27-28H,3,7,11-16H2. The predicted octanol–water partition coefficient (Wildman–Crippen LogP) is 4.59. The minimum absolute atomic E-state index is 0.836. The lowest BCUT2D eigenvalue weighted by Crippen LogP contribution is -2.24. The third-order valence-electron chi connectivity index (χ3n) is 6.72. The molecule has 3 aromatic carbocycles. The summed E-state index contributed by atoms with van der Waals surface area (Å²) < 4.78 is 5.94. The molecule has 3 aromatic rings. The zero-order valence-electron chi connectivity index (χ0n) is 16.7. The van der Waals surface area contributed by atoms with Gasteiger partial charge in [0.05, 0.1) is 6.61 Å². The molecular weight excluding hydrogens is 356 g/mol. The molecule has 0 bridgehead atoms. The van der Waals surface area contributed by atoms with Gasteiger partial charge in [-0.05, 0) is 76.4 Å². The van der Waals surface area contributed by atoms with Crippen LogP contribution in [-0.2, 0) is 32.5 Å². The Morgan fingerprint density at radius 1 is 0.621 bits per heavy atom. The summed E-state index contributed by atoms with van der Waals surface area (Å²) in [7, 11) is 0. The summed E-state index contributed by atoms with van der Waals surface area (Å²) >= 11 is 0. The van der Waals surface area contributed by atoms with Gasteiger partial charge in [-0.1, -0.05) is 42.5 Å². The Morgan fingerprint density at radius 2 is 1.31 bits per heavy atom. The lowest BCUT2D eigenvalue weighted by atomic mass is 9.85. The van der Waals surface area contributed by atoms with Crippen LogP contribution in [0, 0.1) is 0 Å². The van der Waals surface area contributed by atoms with E-state index in [9.17, 15) is 0 Å². The minimum atomic E-state index is 0.836. The first-order valence-corrected chi connectivity index (χ1v) is 10.8. The van der Waals surface area contributed by atoms with Crippen molar-refractivity contribution in [3.8, 4) is 28.0 Å². The summed E-state index contributed by atoms with van der Waals surface area (Å²) in [5.41, 5.74) is 12.8. The molecule has 0 radical (unpaired) electrons. The second-order valence-electron chi connectivity index (χ2n) is 8.33. The van der Waals surface area contributed by atoms with Crippen molar-refractivity contribution >= 4 is 0 Å². The van der Waals surface area contributed by atoms with E-state index in [1.807, 2.05) is 0 Å². The Morgan fingerprint density at radius 3 is 2.14 bits per heavy atom. The van der Waals surface area contributed by atoms with E-state index >= 15 is 0 Å². The summed E-state index contributed by atoms with van der Waals surface area (Å²) in [4.78, 5) is 0. The van der Waals surface area contributed by atoms with Gasteiger partial charge in [-0.3, -0.25) is 0 Å². The molecule has 0 aliphatic carbocycles. The zero-order valence-corrected chi connectivity index (χ0v) is 16.7. The number of benzene rings is 3. The van der Waals surface area contributed by atoms with Crippen molar-refractivity contribution in [2.45, 2.75) is 38.9 Å². The average Bonchev–Trinajstić information content (AvgIpc) is 3.28. The summed E-state index contributed by atoms with van der Waals surface area (Å²) in [6.07, 6.45) is 3.33. The van der Waals surface area contributed by atoms with E-state index in [-0.39, 0.29) is 0 Å². The van der Waals surface area contributed by atoms with E-state index in [0.717, 1.165) is 57.8 Å². The van der Waals surface area contributed by atoms with Gasteiger partial charge in [0.25, 0.3) is 0 Å². The van der Waals surface area contributed by atoms with Gasteiger partial charge in [0.2, 0.25) is 0 Å². The smallest absolute Gasteiger partial charge is 0.123 e. The summed E-state index contributed by atoms with van der Waals surface area (Å²) in [6, 6.07) is 18.1. The first kappa shape index (κ1) is 17.3. The molecule has 0 amide bonds. The molecule has 2 N–H and O–H groups in total. The molecule has 3 aliphatic heterocycles. The lowest BCUT2D eigenvalue weighted by molar-refractivity contribution is 0.289. The molecule has 0 atom stereocenters. The molecule has 6 rings (SSSR count). The van der Waals surface area contributed by atoms with Gasteiger partial charge < -0.3 is 15.4 Å². The van der Waals surface area contributed by atoms with Gasteiger partial charge in [0.15, 0.2) is 0 Å². The highest BCUT2D eigenvalue weighted by Crippen LogP contribution is 2.41. The Balaban J connectivity index is 1.52. The fraction of sp³-hybridized carbons (Fsp3) is 0.308. The van der Waals surface area contributed by atoms with Crippen molar-refractivity contribution < 1.29 is 4.74 Å². The highest BCUT2D eigenvalue weighted by molar-refractivity contribution is 5.82. The Kier molecular flexibility index (Phi) is 4.17. The molecule has 3 nitrogen and oxygen atoms in total. The van der Waals surface area contributed by atoms with Crippen molar-refractivity contribution in [1.29, 1.82) is 0 Å². The molecule has 3 aliphatic rings. The number of fused-ring (bicyclic) bond motifs is 3. The van der Waals surface area contributed by atoms with Crippen molar-refractivity contribution in [2.24, 2.45) is 0 Å². The second-order valence-corrected chi connectivity index (χ2v) is 8.33. The summed E-state index contributed by atoms with van der Waals surface area (Å²) in [5, 5.41) is 7.18. The molecule has 3 heteroatoms. The molecule has 0 fully saturated rings. The van der Waals surface area contributed by atoms with Crippen LogP contribution in [0.5, 0.6) is 5.75 Å². The molecule has 3 heterocycles. The van der Waals surface area contributed by atoms with Crippen molar-refractivity contribution in [3.05, 3.63) is 76.3 Å². The fourth-order valence-electron chi connectivity index (χ4n) is 5.32. The van der Waals surface area contributed by atoms with Gasteiger partial charge in [0.1, 0.15) is 5.75 Å². The van der Waals surface area contributed by atoms with Crippen LogP contribution in [0.1, 0.15) is 34.2 Å². The van der Waals surface area contributed by atoms with Gasteiger partial charge in [-0.25, -0.2) is 0 Å². The molecule has 29 heavy (non-hydrogen) atoms. The summed E-state index contributed by atoms with van der Waals surface area (Å²) in [6.45, 7) is 4.77. The number of ether oxygens (including phenoxy) is 1. The van der Waals surface area contributed by atoms with E-state index in [4.69, 9.17) is 4.74 Å². The first-order valence-electron chi connectivity index (χ1n) is 10.8. The average molecular weight is 383 g/mol.